The van der Waals surface area contributed by atoms with E-state index >= 15 is 0 Å². The number of fused-ring (bicyclic) bond motifs is 3. The van der Waals surface area contributed by atoms with Gasteiger partial charge in [0.05, 0.1) is 17.6 Å². The van der Waals surface area contributed by atoms with Crippen molar-refractivity contribution in [3.05, 3.63) is 30.1 Å². The second-order valence-electron chi connectivity index (χ2n) is 21.3. The summed E-state index contributed by atoms with van der Waals surface area (Å²) < 4.78 is 14.2. The van der Waals surface area contributed by atoms with Gasteiger partial charge in [-0.25, -0.2) is 9.97 Å². The highest BCUT2D eigenvalue weighted by Crippen LogP contribution is 2.32. The van der Waals surface area contributed by atoms with Crippen molar-refractivity contribution in [1.29, 1.82) is 0 Å². The quantitative estimate of drug-likeness (QED) is 0.0445. The number of nitrogen functional groups attached to an aromatic ring is 1. The number of para-hydroxylation sites is 1. The van der Waals surface area contributed by atoms with Crippen LogP contribution in [0.3, 0.4) is 0 Å². The van der Waals surface area contributed by atoms with Crippen LogP contribution in [0.15, 0.2) is 24.3 Å². The van der Waals surface area contributed by atoms with E-state index in [2.05, 4.69) is 46.3 Å². The van der Waals surface area contributed by atoms with Gasteiger partial charge in [-0.05, 0) is 105 Å². The standard InChI is InChI=1S/C58H102N6O3/c1-7-10-12-14-16-18-20-22-24-26-28-34-44-62(6)49-40-42-50(43-41-49)63(45-35-29-27-25-23-21-19-17-15-13-11-8-2)46-36-30-31-39-54(65)67-58(4,5)48-64-53(47-66-9-3)61-55-56(64)51-37-32-33-38-52(51)60-57(55)59/h32-33,37-38,49-50H,7-31,34-36,39-48H2,1-6H3,(H2,59,60)/t49-,50+. The van der Waals surface area contributed by atoms with Gasteiger partial charge < -0.3 is 29.6 Å². The first-order valence-corrected chi connectivity index (χ1v) is 28.4. The molecule has 0 atom stereocenters. The van der Waals surface area contributed by atoms with Crippen LogP contribution in [0.5, 0.6) is 0 Å². The fraction of sp³-hybridized carbons (Fsp3) is 0.810. The van der Waals surface area contributed by atoms with Crippen LogP contribution in [0, 0.1) is 0 Å². The number of hydrogen-bond acceptors (Lipinski definition) is 8. The van der Waals surface area contributed by atoms with Gasteiger partial charge in [-0.3, -0.25) is 4.79 Å². The average molecular weight is 931 g/mol. The summed E-state index contributed by atoms with van der Waals surface area (Å²) >= 11 is 0. The number of pyridine rings is 1. The number of unbranched alkanes of at least 4 members (excludes halogenated alkanes) is 24. The Bertz CT molecular complexity index is 1730. The Labute approximate surface area is 410 Å². The lowest BCUT2D eigenvalue weighted by Gasteiger charge is -2.40. The Kier molecular flexibility index (Phi) is 28.6. The SMILES string of the molecule is CCCCCCCCCCCCCCN(C)[C@H]1CC[C@@H](N(CCCCCCCCCCCCCC)CCCCCC(=O)OC(C)(C)Cn2c(COCC)nc3c(N)nc4ccccc4c32)CC1. The number of benzene rings is 1. The summed E-state index contributed by atoms with van der Waals surface area (Å²) in [6.07, 6.45) is 42.5. The number of carbonyl (C=O) groups excluding carboxylic acids is 1. The molecule has 0 aliphatic heterocycles. The minimum atomic E-state index is -0.755. The third-order valence-electron chi connectivity index (χ3n) is 14.8. The monoisotopic (exact) mass is 931 g/mol. The molecule has 1 aliphatic carbocycles. The number of ether oxygens (including phenoxy) is 2. The zero-order valence-electron chi connectivity index (χ0n) is 44.4. The molecule has 1 saturated carbocycles. The van der Waals surface area contributed by atoms with Gasteiger partial charge in [0.15, 0.2) is 5.82 Å². The number of anilines is 1. The maximum atomic E-state index is 13.4. The number of imidazole rings is 1. The molecule has 3 aromatic rings. The molecule has 2 aromatic heterocycles. The molecule has 0 unspecified atom stereocenters. The highest BCUT2D eigenvalue weighted by atomic mass is 16.6. The maximum absolute atomic E-state index is 13.4. The highest BCUT2D eigenvalue weighted by Gasteiger charge is 2.29. The van der Waals surface area contributed by atoms with E-state index < -0.39 is 5.60 Å². The second kappa shape index (κ2) is 33.7. The van der Waals surface area contributed by atoms with Crippen molar-refractivity contribution in [3.8, 4) is 0 Å². The molecule has 2 N–H and O–H groups in total. The van der Waals surface area contributed by atoms with Crippen LogP contribution in [-0.2, 0) is 27.4 Å². The molecule has 9 heteroatoms. The van der Waals surface area contributed by atoms with Gasteiger partial charge in [0.2, 0.25) is 0 Å². The molecule has 0 radical (unpaired) electrons. The van der Waals surface area contributed by atoms with E-state index in [1.807, 2.05) is 39.0 Å². The number of aromatic nitrogens is 3. The van der Waals surface area contributed by atoms with Crippen molar-refractivity contribution < 1.29 is 14.3 Å². The molecule has 1 aromatic carbocycles. The normalized spacial score (nSPS) is 15.8. The number of esters is 1. The topological polar surface area (TPSA) is 98.7 Å². The highest BCUT2D eigenvalue weighted by molar-refractivity contribution is 6.06. The predicted molar refractivity (Wildman–Crippen MR) is 286 cm³/mol. The molecule has 9 nitrogen and oxygen atoms in total. The summed E-state index contributed by atoms with van der Waals surface area (Å²) in [6.45, 7) is 15.6. The molecule has 4 rings (SSSR count). The van der Waals surface area contributed by atoms with Gasteiger partial charge in [-0.1, -0.05) is 180 Å². The lowest BCUT2D eigenvalue weighted by atomic mass is 9.88. The molecular formula is C58H102N6O3. The first-order valence-electron chi connectivity index (χ1n) is 28.4. The fourth-order valence-electron chi connectivity index (χ4n) is 10.8. The third-order valence-corrected chi connectivity index (χ3v) is 14.8. The van der Waals surface area contributed by atoms with E-state index in [9.17, 15) is 4.79 Å². The molecule has 2 heterocycles. The van der Waals surface area contributed by atoms with Crippen molar-refractivity contribution in [1.82, 2.24) is 24.3 Å². The molecule has 67 heavy (non-hydrogen) atoms. The van der Waals surface area contributed by atoms with E-state index in [0.29, 0.717) is 43.6 Å². The summed E-state index contributed by atoms with van der Waals surface area (Å²) in [5.41, 5.74) is 8.06. The van der Waals surface area contributed by atoms with Crippen LogP contribution >= 0.6 is 0 Å². The first-order chi connectivity index (χ1) is 32.7. The van der Waals surface area contributed by atoms with Crippen LogP contribution in [0.2, 0.25) is 0 Å². The summed E-state index contributed by atoms with van der Waals surface area (Å²) in [7, 11) is 2.40. The van der Waals surface area contributed by atoms with Gasteiger partial charge >= 0.3 is 5.97 Å². The average Bonchev–Trinajstić information content (AvgIpc) is 3.68. The Morgan fingerprint density at radius 2 is 1.13 bits per heavy atom. The molecule has 0 amide bonds. The summed E-state index contributed by atoms with van der Waals surface area (Å²) in [6, 6.07) is 9.44. The van der Waals surface area contributed by atoms with Crippen molar-refractivity contribution in [2.24, 2.45) is 0 Å². The van der Waals surface area contributed by atoms with Gasteiger partial charge in [0.25, 0.3) is 0 Å². The molecule has 382 valence electrons. The Morgan fingerprint density at radius 1 is 0.657 bits per heavy atom. The molecule has 1 fully saturated rings. The smallest absolute Gasteiger partial charge is 0.306 e. The Morgan fingerprint density at radius 3 is 1.67 bits per heavy atom. The number of rotatable bonds is 40. The zero-order valence-corrected chi connectivity index (χ0v) is 44.4. The van der Waals surface area contributed by atoms with Gasteiger partial charge in [0, 0.05) is 30.5 Å². The van der Waals surface area contributed by atoms with E-state index in [4.69, 9.17) is 20.2 Å². The van der Waals surface area contributed by atoms with Crippen LogP contribution in [0.4, 0.5) is 5.82 Å². The summed E-state index contributed by atoms with van der Waals surface area (Å²) in [5, 5.41) is 0.974. The third kappa shape index (κ3) is 21.8. The minimum absolute atomic E-state index is 0.133. The van der Waals surface area contributed by atoms with Crippen molar-refractivity contribution >= 4 is 33.7 Å². The Hall–Kier alpha value is -2.75. The minimum Gasteiger partial charge on any atom is -0.458 e. The van der Waals surface area contributed by atoms with Crippen LogP contribution in [0.1, 0.15) is 246 Å². The summed E-state index contributed by atoms with van der Waals surface area (Å²) in [4.78, 5) is 28.5. The zero-order chi connectivity index (χ0) is 48.0. The van der Waals surface area contributed by atoms with E-state index in [-0.39, 0.29) is 5.97 Å². The predicted octanol–water partition coefficient (Wildman–Crippen LogP) is 15.5. The molecule has 0 bridgehead atoms. The van der Waals surface area contributed by atoms with Crippen molar-refractivity contribution in [3.63, 3.8) is 0 Å². The molecule has 0 saturated heterocycles. The van der Waals surface area contributed by atoms with E-state index in [1.165, 1.54) is 193 Å². The van der Waals surface area contributed by atoms with Crippen LogP contribution in [0.25, 0.3) is 21.9 Å². The fourth-order valence-corrected chi connectivity index (χ4v) is 10.8. The number of nitrogens with zero attached hydrogens (tertiary/aromatic N) is 5. The molecule has 0 spiro atoms. The first kappa shape index (κ1) is 56.8. The van der Waals surface area contributed by atoms with Crippen LogP contribution < -0.4 is 5.73 Å². The Balaban J connectivity index is 1.20. The van der Waals surface area contributed by atoms with Crippen molar-refractivity contribution in [2.75, 3.05) is 39.0 Å². The van der Waals surface area contributed by atoms with Gasteiger partial charge in [0.1, 0.15) is 23.5 Å². The number of carbonyl (C=O) groups is 1. The van der Waals surface area contributed by atoms with E-state index in [0.717, 1.165) is 54.1 Å². The van der Waals surface area contributed by atoms with Gasteiger partial charge in [-0.2, -0.15) is 0 Å². The lowest BCUT2D eigenvalue weighted by Crippen LogP contribution is -2.44. The van der Waals surface area contributed by atoms with Crippen molar-refractivity contribution in [2.45, 2.75) is 271 Å². The number of nitrogens with two attached hydrogens (primary N) is 1. The maximum Gasteiger partial charge on any atom is 0.306 e. The molecule has 1 aliphatic rings. The lowest BCUT2D eigenvalue weighted by molar-refractivity contribution is -0.157. The van der Waals surface area contributed by atoms with Gasteiger partial charge in [-0.15, -0.1) is 0 Å². The summed E-state index contributed by atoms with van der Waals surface area (Å²) in [5.74, 6) is 1.02. The molecular weight excluding hydrogens is 829 g/mol. The number of hydrogen-bond donors (Lipinski definition) is 1. The second-order valence-corrected chi connectivity index (χ2v) is 21.3. The van der Waals surface area contributed by atoms with E-state index in [1.54, 1.807) is 0 Å². The van der Waals surface area contributed by atoms with Crippen LogP contribution in [-0.4, -0.2) is 81.3 Å². The largest absolute Gasteiger partial charge is 0.458 e.